The van der Waals surface area contributed by atoms with E-state index in [1.807, 2.05) is 0 Å². The molecule has 30 heavy (non-hydrogen) atoms. The molecule has 1 amide bonds. The number of rotatable bonds is 5. The molecular weight excluding hydrogens is 399 g/mol. The van der Waals surface area contributed by atoms with Crippen LogP contribution >= 0.6 is 0 Å². The number of hydrogen-bond acceptors (Lipinski definition) is 3. The Labute approximate surface area is 169 Å². The van der Waals surface area contributed by atoms with Gasteiger partial charge < -0.3 is 5.32 Å². The van der Waals surface area contributed by atoms with Crippen molar-refractivity contribution in [2.75, 3.05) is 0 Å². The fraction of sp³-hybridized carbons (Fsp3) is 0.286. The van der Waals surface area contributed by atoms with Gasteiger partial charge in [0.2, 0.25) is 5.91 Å². The zero-order chi connectivity index (χ0) is 22.1. The maximum Gasteiger partial charge on any atom is 0.416 e. The largest absolute Gasteiger partial charge is 0.416 e. The Morgan fingerprint density at radius 2 is 1.80 bits per heavy atom. The molecule has 1 aromatic heterocycles. The van der Waals surface area contributed by atoms with Gasteiger partial charge in [-0.25, -0.2) is 4.79 Å². The lowest BCUT2D eigenvalue weighted by atomic mass is 10.1. The van der Waals surface area contributed by atoms with Crippen molar-refractivity contribution in [3.8, 4) is 0 Å². The highest BCUT2D eigenvalue weighted by atomic mass is 19.4. The summed E-state index contributed by atoms with van der Waals surface area (Å²) >= 11 is 0. The number of nitrogens with one attached hydrogen (secondary N) is 1. The van der Waals surface area contributed by atoms with Gasteiger partial charge in [-0.1, -0.05) is 24.3 Å². The fourth-order valence-electron chi connectivity index (χ4n) is 3.29. The van der Waals surface area contributed by atoms with Gasteiger partial charge in [0.05, 0.1) is 16.5 Å². The molecule has 9 heteroatoms. The third kappa shape index (κ3) is 4.00. The van der Waals surface area contributed by atoms with Crippen molar-refractivity contribution in [3.05, 3.63) is 80.5 Å². The standard InChI is InChI=1S/C21H20F3N3O3/c1-3-26-19(29)16-9-4-5-10-17(16)27(20(26)30)13(2)18(28)25-12-14-7-6-8-15(11-14)21(22,23)24/h4-11,13H,3,12H2,1-2H3,(H,25,28)/t13-/m0/s1. The van der Waals surface area contributed by atoms with Gasteiger partial charge in [-0.2, -0.15) is 13.2 Å². The zero-order valence-electron chi connectivity index (χ0n) is 16.4. The second kappa shape index (κ2) is 8.17. The molecule has 1 heterocycles. The Hall–Kier alpha value is -3.36. The minimum Gasteiger partial charge on any atom is -0.350 e. The Kier molecular flexibility index (Phi) is 5.82. The van der Waals surface area contributed by atoms with E-state index in [0.717, 1.165) is 16.7 Å². The zero-order valence-corrected chi connectivity index (χ0v) is 16.4. The van der Waals surface area contributed by atoms with Gasteiger partial charge in [0.1, 0.15) is 6.04 Å². The summed E-state index contributed by atoms with van der Waals surface area (Å²) in [7, 11) is 0. The predicted octanol–water partition coefficient (Wildman–Crippen LogP) is 3.08. The lowest BCUT2D eigenvalue weighted by Gasteiger charge is -2.19. The molecule has 2 aromatic carbocycles. The monoisotopic (exact) mass is 419 g/mol. The molecule has 0 aliphatic rings. The average molecular weight is 419 g/mol. The highest BCUT2D eigenvalue weighted by Gasteiger charge is 2.30. The lowest BCUT2D eigenvalue weighted by molar-refractivity contribution is -0.137. The normalized spacial score (nSPS) is 12.7. The fourth-order valence-corrected chi connectivity index (χ4v) is 3.29. The average Bonchev–Trinajstić information content (AvgIpc) is 2.72. The molecule has 0 aliphatic heterocycles. The summed E-state index contributed by atoms with van der Waals surface area (Å²) in [5.41, 5.74) is -1.27. The van der Waals surface area contributed by atoms with Gasteiger partial charge >= 0.3 is 11.9 Å². The van der Waals surface area contributed by atoms with Crippen LogP contribution in [-0.2, 0) is 24.1 Å². The van der Waals surface area contributed by atoms with Gasteiger partial charge in [0.15, 0.2) is 0 Å². The number of aromatic nitrogens is 2. The molecule has 0 aliphatic carbocycles. The molecule has 0 bridgehead atoms. The molecule has 6 nitrogen and oxygen atoms in total. The molecule has 158 valence electrons. The van der Waals surface area contributed by atoms with Gasteiger partial charge in [-0.05, 0) is 43.7 Å². The highest BCUT2D eigenvalue weighted by molar-refractivity contribution is 5.84. The van der Waals surface area contributed by atoms with Crippen LogP contribution in [0.25, 0.3) is 10.9 Å². The highest BCUT2D eigenvalue weighted by Crippen LogP contribution is 2.29. The van der Waals surface area contributed by atoms with Crippen molar-refractivity contribution in [2.45, 2.75) is 39.2 Å². The minimum atomic E-state index is -4.48. The summed E-state index contributed by atoms with van der Waals surface area (Å²) in [5, 5.41) is 2.87. The summed E-state index contributed by atoms with van der Waals surface area (Å²) < 4.78 is 40.8. The van der Waals surface area contributed by atoms with E-state index < -0.39 is 34.9 Å². The smallest absolute Gasteiger partial charge is 0.350 e. The number of fused-ring (bicyclic) bond motifs is 1. The maximum absolute atomic E-state index is 12.9. The number of benzene rings is 2. The third-order valence-corrected chi connectivity index (χ3v) is 4.88. The number of carbonyl (C=O) groups is 1. The Morgan fingerprint density at radius 1 is 1.10 bits per heavy atom. The molecule has 0 saturated heterocycles. The Bertz CT molecular complexity index is 1210. The second-order valence-electron chi connectivity index (χ2n) is 6.81. The van der Waals surface area contributed by atoms with E-state index in [-0.39, 0.29) is 18.7 Å². The van der Waals surface area contributed by atoms with Crippen LogP contribution in [0.1, 0.15) is 31.0 Å². The first-order chi connectivity index (χ1) is 14.1. The number of halogens is 3. The van der Waals surface area contributed by atoms with Gasteiger partial charge in [-0.3, -0.25) is 18.7 Å². The minimum absolute atomic E-state index is 0.132. The summed E-state index contributed by atoms with van der Waals surface area (Å²) in [5.74, 6) is -0.555. The van der Waals surface area contributed by atoms with Crippen LogP contribution < -0.4 is 16.6 Å². The molecular formula is C21H20F3N3O3. The number of para-hydroxylation sites is 1. The first-order valence-corrected chi connectivity index (χ1v) is 9.33. The quantitative estimate of drug-likeness (QED) is 0.691. The van der Waals surface area contributed by atoms with E-state index in [1.165, 1.54) is 23.6 Å². The van der Waals surface area contributed by atoms with E-state index in [4.69, 9.17) is 0 Å². The number of nitrogens with zero attached hydrogens (tertiary/aromatic N) is 2. The van der Waals surface area contributed by atoms with E-state index in [2.05, 4.69) is 5.32 Å². The third-order valence-electron chi connectivity index (χ3n) is 4.88. The van der Waals surface area contributed by atoms with E-state index in [0.29, 0.717) is 10.9 Å². The molecule has 3 aromatic rings. The molecule has 1 atom stereocenters. The predicted molar refractivity (Wildman–Crippen MR) is 106 cm³/mol. The first-order valence-electron chi connectivity index (χ1n) is 9.33. The van der Waals surface area contributed by atoms with Crippen LogP contribution in [0.3, 0.4) is 0 Å². The number of alkyl halides is 3. The van der Waals surface area contributed by atoms with Crippen molar-refractivity contribution in [1.82, 2.24) is 14.5 Å². The van der Waals surface area contributed by atoms with Crippen molar-refractivity contribution < 1.29 is 18.0 Å². The van der Waals surface area contributed by atoms with Gasteiger partial charge in [0.25, 0.3) is 5.56 Å². The first kappa shape index (κ1) is 21.4. The SMILES string of the molecule is CCn1c(=O)c2ccccc2n([C@@H](C)C(=O)NCc2cccc(C(F)(F)F)c2)c1=O. The molecule has 0 unspecified atom stereocenters. The summed E-state index contributed by atoms with van der Waals surface area (Å²) in [4.78, 5) is 38.0. The van der Waals surface area contributed by atoms with E-state index in [9.17, 15) is 27.6 Å². The lowest BCUT2D eigenvalue weighted by Crippen LogP contribution is -2.44. The van der Waals surface area contributed by atoms with E-state index >= 15 is 0 Å². The van der Waals surface area contributed by atoms with Crippen LogP contribution in [0.5, 0.6) is 0 Å². The van der Waals surface area contributed by atoms with Gasteiger partial charge in [0, 0.05) is 13.1 Å². The molecule has 3 rings (SSSR count). The van der Waals surface area contributed by atoms with Crippen LogP contribution in [0.2, 0.25) is 0 Å². The molecule has 0 saturated carbocycles. The number of hydrogen-bond donors (Lipinski definition) is 1. The van der Waals surface area contributed by atoms with Crippen LogP contribution in [0.4, 0.5) is 13.2 Å². The van der Waals surface area contributed by atoms with Crippen LogP contribution in [0.15, 0.2) is 58.1 Å². The van der Waals surface area contributed by atoms with Crippen LogP contribution in [-0.4, -0.2) is 15.0 Å². The van der Waals surface area contributed by atoms with Crippen molar-refractivity contribution in [2.24, 2.45) is 0 Å². The van der Waals surface area contributed by atoms with Crippen molar-refractivity contribution in [1.29, 1.82) is 0 Å². The Balaban J connectivity index is 1.91. The van der Waals surface area contributed by atoms with Gasteiger partial charge in [-0.15, -0.1) is 0 Å². The molecule has 1 N–H and O–H groups in total. The van der Waals surface area contributed by atoms with Crippen molar-refractivity contribution >= 4 is 16.8 Å². The molecule has 0 spiro atoms. The van der Waals surface area contributed by atoms with Crippen molar-refractivity contribution in [3.63, 3.8) is 0 Å². The summed E-state index contributed by atoms with van der Waals surface area (Å²) in [6, 6.07) is 10.1. The summed E-state index contributed by atoms with van der Waals surface area (Å²) in [6.45, 7) is 3.16. The van der Waals surface area contributed by atoms with Crippen LogP contribution in [0, 0.1) is 0 Å². The van der Waals surface area contributed by atoms with E-state index in [1.54, 1.807) is 31.2 Å². The number of carbonyl (C=O) groups excluding carboxylic acids is 1. The second-order valence-corrected chi connectivity index (χ2v) is 6.81. The molecule has 0 radical (unpaired) electrons. The number of amides is 1. The molecule has 0 fully saturated rings. The maximum atomic E-state index is 12.9. The topological polar surface area (TPSA) is 73.1 Å². The Morgan fingerprint density at radius 3 is 2.47 bits per heavy atom. The summed E-state index contributed by atoms with van der Waals surface area (Å²) in [6.07, 6.45) is -4.48.